The second kappa shape index (κ2) is 4.34. The van der Waals surface area contributed by atoms with Crippen molar-refractivity contribution in [1.29, 1.82) is 0 Å². The smallest absolute Gasteiger partial charge is 0.150 e. The maximum atomic E-state index is 13.0. The molecule has 0 radical (unpaired) electrons. The summed E-state index contributed by atoms with van der Waals surface area (Å²) in [5, 5.41) is 0. The van der Waals surface area contributed by atoms with Crippen LogP contribution in [-0.2, 0) is 9.84 Å². The summed E-state index contributed by atoms with van der Waals surface area (Å²) in [7, 11) is -3.04. The van der Waals surface area contributed by atoms with Gasteiger partial charge in [-0.2, -0.15) is 0 Å². The van der Waals surface area contributed by atoms with E-state index in [4.69, 9.17) is 5.73 Å². The largest absolute Gasteiger partial charge is 0.324 e. The van der Waals surface area contributed by atoms with Gasteiger partial charge in [0.15, 0.2) is 9.84 Å². The van der Waals surface area contributed by atoms with Crippen molar-refractivity contribution in [3.63, 3.8) is 0 Å². The minimum atomic E-state index is -3.04. The van der Waals surface area contributed by atoms with Crippen LogP contribution < -0.4 is 5.73 Å². The van der Waals surface area contributed by atoms with Crippen LogP contribution in [0.4, 0.5) is 8.78 Å². The summed E-state index contributed by atoms with van der Waals surface area (Å²) in [6.45, 7) is 0. The van der Waals surface area contributed by atoms with Crippen molar-refractivity contribution >= 4 is 9.84 Å². The summed E-state index contributed by atoms with van der Waals surface area (Å²) in [5.74, 6) is -1.57. The van der Waals surface area contributed by atoms with Gasteiger partial charge in [-0.15, -0.1) is 0 Å². The van der Waals surface area contributed by atoms with E-state index in [1.807, 2.05) is 0 Å². The van der Waals surface area contributed by atoms with Crippen LogP contribution in [-0.4, -0.2) is 19.9 Å². The lowest BCUT2D eigenvalue weighted by atomic mass is 9.93. The van der Waals surface area contributed by atoms with Crippen molar-refractivity contribution in [1.82, 2.24) is 0 Å². The molecule has 2 N–H and O–H groups in total. The number of nitrogens with two attached hydrogens (primary N) is 1. The first-order valence-electron chi connectivity index (χ1n) is 5.29. The minimum Gasteiger partial charge on any atom is -0.324 e. The Balaban J connectivity index is 2.23. The first-order valence-corrected chi connectivity index (χ1v) is 7.11. The Morgan fingerprint density at radius 2 is 1.82 bits per heavy atom. The normalized spacial score (nSPS) is 24.8. The summed E-state index contributed by atoms with van der Waals surface area (Å²) < 4.78 is 48.6. The van der Waals surface area contributed by atoms with Crippen molar-refractivity contribution in [2.24, 2.45) is 11.7 Å². The maximum Gasteiger partial charge on any atom is 0.150 e. The lowest BCUT2D eigenvalue weighted by molar-refractivity contribution is 0.473. The van der Waals surface area contributed by atoms with Gasteiger partial charge in [0, 0.05) is 12.1 Å². The predicted molar refractivity (Wildman–Crippen MR) is 60.0 cm³/mol. The lowest BCUT2D eigenvalue weighted by Gasteiger charge is -2.18. The maximum absolute atomic E-state index is 13.0. The molecule has 1 aliphatic heterocycles. The number of benzene rings is 1. The van der Waals surface area contributed by atoms with Crippen LogP contribution in [0.25, 0.3) is 0 Å². The number of halogens is 2. The summed E-state index contributed by atoms with van der Waals surface area (Å²) in [6, 6.07) is 2.43. The fraction of sp³-hybridized carbons (Fsp3) is 0.455. The molecule has 1 heterocycles. The van der Waals surface area contributed by atoms with E-state index >= 15 is 0 Å². The van der Waals surface area contributed by atoms with Gasteiger partial charge < -0.3 is 5.73 Å². The minimum absolute atomic E-state index is 0.00764. The van der Waals surface area contributed by atoms with E-state index < -0.39 is 27.5 Å². The Morgan fingerprint density at radius 3 is 2.29 bits per heavy atom. The highest BCUT2D eigenvalue weighted by atomic mass is 32.2. The molecule has 2 unspecified atom stereocenters. The Hall–Kier alpha value is -1.01. The third-order valence-corrected chi connectivity index (χ3v) is 4.84. The van der Waals surface area contributed by atoms with Crippen molar-refractivity contribution in [2.45, 2.75) is 12.5 Å². The molecule has 0 saturated carbocycles. The summed E-state index contributed by atoms with van der Waals surface area (Å²) in [4.78, 5) is 0. The molecule has 3 nitrogen and oxygen atoms in total. The predicted octanol–water partition coefficient (Wildman–Crippen LogP) is 1.40. The molecular weight excluding hydrogens is 248 g/mol. The first-order chi connectivity index (χ1) is 7.87. The molecule has 17 heavy (non-hydrogen) atoms. The van der Waals surface area contributed by atoms with Gasteiger partial charge in [-0.05, 0) is 30.0 Å². The molecule has 1 saturated heterocycles. The molecule has 0 bridgehead atoms. The zero-order valence-electron chi connectivity index (χ0n) is 9.07. The lowest BCUT2D eigenvalue weighted by Crippen LogP contribution is -2.22. The molecule has 0 aromatic heterocycles. The first kappa shape index (κ1) is 12.4. The second-order valence-corrected chi connectivity index (χ2v) is 6.62. The third-order valence-electron chi connectivity index (χ3n) is 3.05. The Bertz CT molecular complexity index is 510. The molecule has 1 aromatic carbocycles. The summed E-state index contributed by atoms with van der Waals surface area (Å²) in [5.41, 5.74) is 6.17. The summed E-state index contributed by atoms with van der Waals surface area (Å²) >= 11 is 0. The van der Waals surface area contributed by atoms with Gasteiger partial charge in [-0.3, -0.25) is 0 Å². The molecule has 2 atom stereocenters. The van der Waals surface area contributed by atoms with E-state index in [1.54, 1.807) is 0 Å². The van der Waals surface area contributed by atoms with Crippen molar-refractivity contribution in [2.75, 3.05) is 11.5 Å². The van der Waals surface area contributed by atoms with Crippen LogP contribution in [0.5, 0.6) is 0 Å². The highest BCUT2D eigenvalue weighted by molar-refractivity contribution is 7.91. The van der Waals surface area contributed by atoms with E-state index in [0.717, 1.165) is 18.2 Å². The molecule has 0 spiro atoms. The van der Waals surface area contributed by atoms with Crippen molar-refractivity contribution in [3.05, 3.63) is 35.4 Å². The molecule has 1 aromatic rings. The van der Waals surface area contributed by atoms with Gasteiger partial charge in [0.05, 0.1) is 11.5 Å². The molecular formula is C11H13F2NO2S. The summed E-state index contributed by atoms with van der Waals surface area (Å²) in [6.07, 6.45) is 0.446. The molecule has 94 valence electrons. The quantitative estimate of drug-likeness (QED) is 0.875. The fourth-order valence-electron chi connectivity index (χ4n) is 2.15. The van der Waals surface area contributed by atoms with Gasteiger partial charge >= 0.3 is 0 Å². The third kappa shape index (κ3) is 2.81. The Morgan fingerprint density at radius 1 is 1.24 bits per heavy atom. The SMILES string of the molecule is NC(c1cc(F)cc(F)c1)C1CCS(=O)(=O)C1. The Labute approximate surface area is 98.5 Å². The topological polar surface area (TPSA) is 60.2 Å². The number of sulfone groups is 1. The van der Waals surface area contributed by atoms with Crippen molar-refractivity contribution in [3.8, 4) is 0 Å². The Kier molecular flexibility index (Phi) is 3.18. The van der Waals surface area contributed by atoms with Crippen LogP contribution in [0.3, 0.4) is 0 Å². The number of hydrogen-bond donors (Lipinski definition) is 1. The molecule has 6 heteroatoms. The highest BCUT2D eigenvalue weighted by Gasteiger charge is 2.32. The van der Waals surface area contributed by atoms with E-state index in [0.29, 0.717) is 12.0 Å². The van der Waals surface area contributed by atoms with Crippen LogP contribution >= 0.6 is 0 Å². The average molecular weight is 261 g/mol. The molecule has 0 amide bonds. The molecule has 2 rings (SSSR count). The molecule has 1 aliphatic rings. The standard InChI is InChI=1S/C11H13F2NO2S/c12-9-3-8(4-10(13)5-9)11(14)7-1-2-17(15,16)6-7/h3-5,7,11H,1-2,6,14H2. The van der Waals surface area contributed by atoms with Gasteiger partial charge in [-0.25, -0.2) is 17.2 Å². The van der Waals surface area contributed by atoms with Gasteiger partial charge in [0.1, 0.15) is 11.6 Å². The van der Waals surface area contributed by atoms with Gasteiger partial charge in [-0.1, -0.05) is 0 Å². The van der Waals surface area contributed by atoms with Crippen molar-refractivity contribution < 1.29 is 17.2 Å². The van der Waals surface area contributed by atoms with E-state index in [-0.39, 0.29) is 17.4 Å². The van der Waals surface area contributed by atoms with Gasteiger partial charge in [0.25, 0.3) is 0 Å². The number of rotatable bonds is 2. The van der Waals surface area contributed by atoms with Crippen LogP contribution in [0.15, 0.2) is 18.2 Å². The monoisotopic (exact) mass is 261 g/mol. The number of hydrogen-bond acceptors (Lipinski definition) is 3. The second-order valence-electron chi connectivity index (χ2n) is 4.39. The molecule has 1 fully saturated rings. The van der Waals surface area contributed by atoms with E-state index in [9.17, 15) is 17.2 Å². The van der Waals surface area contributed by atoms with Gasteiger partial charge in [0.2, 0.25) is 0 Å². The molecule has 0 aliphatic carbocycles. The fourth-order valence-corrected chi connectivity index (χ4v) is 4.00. The van der Waals surface area contributed by atoms with Crippen LogP contribution in [0.2, 0.25) is 0 Å². The van der Waals surface area contributed by atoms with Crippen LogP contribution in [0.1, 0.15) is 18.0 Å². The highest BCUT2D eigenvalue weighted by Crippen LogP contribution is 2.30. The average Bonchev–Trinajstić information content (AvgIpc) is 2.56. The van der Waals surface area contributed by atoms with E-state index in [2.05, 4.69) is 0 Å². The van der Waals surface area contributed by atoms with E-state index in [1.165, 1.54) is 0 Å². The van der Waals surface area contributed by atoms with Crippen LogP contribution in [0, 0.1) is 17.6 Å². The zero-order valence-corrected chi connectivity index (χ0v) is 9.88. The zero-order chi connectivity index (χ0) is 12.6.